The van der Waals surface area contributed by atoms with Crippen LogP contribution in [0.5, 0.6) is 0 Å². The van der Waals surface area contributed by atoms with Crippen LogP contribution in [0.3, 0.4) is 0 Å². The van der Waals surface area contributed by atoms with Gasteiger partial charge in [0.2, 0.25) is 0 Å². The van der Waals surface area contributed by atoms with Crippen molar-refractivity contribution in [2.24, 2.45) is 0 Å². The molecule has 0 aliphatic carbocycles. The molecule has 1 unspecified atom stereocenters. The number of hydrogen-bond donors (Lipinski definition) is 2. The van der Waals surface area contributed by atoms with Gasteiger partial charge in [-0.25, -0.2) is 0 Å². The lowest BCUT2D eigenvalue weighted by molar-refractivity contribution is -0.144. The highest BCUT2D eigenvalue weighted by Crippen LogP contribution is 1.95. The summed E-state index contributed by atoms with van der Waals surface area (Å²) in [5.74, 6) is -1.42. The van der Waals surface area contributed by atoms with Gasteiger partial charge in [-0.1, -0.05) is 6.92 Å². The zero-order chi connectivity index (χ0) is 10.4. The lowest BCUT2D eigenvalue weighted by Crippen LogP contribution is -2.45. The van der Waals surface area contributed by atoms with E-state index >= 15 is 0 Å². The molecule has 0 aromatic carbocycles. The standard InChI is InChI=1S/C8H15NO4/c1-4-6(7(10)11)9-5(2)8(12)13-3/h5-6,9H,4H2,1-3H3,(H,10,11)/t5-,6?/m0/s1. The minimum absolute atomic E-state index is 0.427. The van der Waals surface area contributed by atoms with Crippen LogP contribution in [0.2, 0.25) is 0 Å². The van der Waals surface area contributed by atoms with E-state index in [-0.39, 0.29) is 0 Å². The number of hydrogen-bond acceptors (Lipinski definition) is 4. The van der Waals surface area contributed by atoms with Crippen LogP contribution in [0.4, 0.5) is 0 Å². The molecule has 0 aliphatic rings. The SMILES string of the molecule is CCC(N[C@@H](C)C(=O)OC)C(=O)O. The number of esters is 1. The molecular weight excluding hydrogens is 174 g/mol. The zero-order valence-corrected chi connectivity index (χ0v) is 8.03. The summed E-state index contributed by atoms with van der Waals surface area (Å²) in [7, 11) is 1.27. The van der Waals surface area contributed by atoms with Crippen LogP contribution in [0.25, 0.3) is 0 Å². The molecule has 0 heterocycles. The van der Waals surface area contributed by atoms with E-state index in [2.05, 4.69) is 10.1 Å². The lowest BCUT2D eigenvalue weighted by atomic mass is 10.2. The number of rotatable bonds is 5. The lowest BCUT2D eigenvalue weighted by Gasteiger charge is -2.16. The van der Waals surface area contributed by atoms with E-state index in [0.717, 1.165) is 0 Å². The number of carbonyl (C=O) groups is 2. The first-order valence-corrected chi connectivity index (χ1v) is 4.09. The Morgan fingerprint density at radius 3 is 2.38 bits per heavy atom. The Balaban J connectivity index is 4.08. The molecule has 0 saturated heterocycles. The van der Waals surface area contributed by atoms with Crippen LogP contribution in [-0.2, 0) is 14.3 Å². The highest BCUT2D eigenvalue weighted by molar-refractivity contribution is 5.78. The Morgan fingerprint density at radius 2 is 2.08 bits per heavy atom. The summed E-state index contributed by atoms with van der Waals surface area (Å²) in [6.07, 6.45) is 0.427. The smallest absolute Gasteiger partial charge is 0.322 e. The number of ether oxygens (including phenoxy) is 1. The maximum atomic E-state index is 10.9. The summed E-state index contributed by atoms with van der Waals surface area (Å²) < 4.78 is 4.44. The molecule has 0 saturated carbocycles. The monoisotopic (exact) mass is 189 g/mol. The molecule has 76 valence electrons. The minimum atomic E-state index is -0.960. The molecule has 0 fully saturated rings. The fraction of sp³-hybridized carbons (Fsp3) is 0.750. The van der Waals surface area contributed by atoms with E-state index in [1.54, 1.807) is 13.8 Å². The second kappa shape index (κ2) is 5.53. The maximum absolute atomic E-state index is 10.9. The van der Waals surface area contributed by atoms with Crippen molar-refractivity contribution in [2.45, 2.75) is 32.4 Å². The average Bonchev–Trinajstić information content (AvgIpc) is 2.11. The largest absolute Gasteiger partial charge is 0.480 e. The quantitative estimate of drug-likeness (QED) is 0.595. The summed E-state index contributed by atoms with van der Waals surface area (Å²) in [6.45, 7) is 3.30. The van der Waals surface area contributed by atoms with Gasteiger partial charge in [-0.05, 0) is 13.3 Å². The Morgan fingerprint density at radius 1 is 1.54 bits per heavy atom. The van der Waals surface area contributed by atoms with Crippen molar-refractivity contribution in [2.75, 3.05) is 7.11 Å². The summed E-state index contributed by atoms with van der Waals surface area (Å²) in [5, 5.41) is 11.3. The van der Waals surface area contributed by atoms with Crippen LogP contribution >= 0.6 is 0 Å². The van der Waals surface area contributed by atoms with Crippen LogP contribution < -0.4 is 5.32 Å². The van der Waals surface area contributed by atoms with Crippen LogP contribution in [0.1, 0.15) is 20.3 Å². The summed E-state index contributed by atoms with van der Waals surface area (Å²) in [5.41, 5.74) is 0. The van der Waals surface area contributed by atoms with Gasteiger partial charge in [0.15, 0.2) is 0 Å². The van der Waals surface area contributed by atoms with E-state index in [9.17, 15) is 9.59 Å². The first-order chi connectivity index (χ1) is 6.02. The van der Waals surface area contributed by atoms with E-state index < -0.39 is 24.0 Å². The second-order valence-electron chi connectivity index (χ2n) is 2.71. The van der Waals surface area contributed by atoms with Crippen molar-refractivity contribution in [3.05, 3.63) is 0 Å². The third-order valence-corrected chi connectivity index (χ3v) is 1.71. The summed E-state index contributed by atoms with van der Waals surface area (Å²) in [6, 6.07) is -1.29. The highest BCUT2D eigenvalue weighted by atomic mass is 16.5. The average molecular weight is 189 g/mol. The normalized spacial score (nSPS) is 14.7. The molecule has 0 aromatic rings. The molecule has 5 nitrogen and oxygen atoms in total. The Labute approximate surface area is 77.1 Å². The molecule has 0 amide bonds. The molecular formula is C8H15NO4. The number of carboxylic acid groups (broad SMARTS) is 1. The number of aliphatic carboxylic acids is 1. The molecule has 2 N–H and O–H groups in total. The van der Waals surface area contributed by atoms with Gasteiger partial charge in [0.1, 0.15) is 12.1 Å². The predicted octanol–water partition coefficient (Wildman–Crippen LogP) is 0.000700. The Hall–Kier alpha value is -1.10. The molecule has 0 aliphatic heterocycles. The van der Waals surface area contributed by atoms with E-state index in [1.807, 2.05) is 0 Å². The molecule has 0 bridgehead atoms. The van der Waals surface area contributed by atoms with Gasteiger partial charge in [-0.15, -0.1) is 0 Å². The highest BCUT2D eigenvalue weighted by Gasteiger charge is 2.21. The Kier molecular flexibility index (Phi) is 5.06. The van der Waals surface area contributed by atoms with Crippen LogP contribution in [0, 0.1) is 0 Å². The first kappa shape index (κ1) is 11.9. The van der Waals surface area contributed by atoms with Crippen LogP contribution in [0.15, 0.2) is 0 Å². The van der Waals surface area contributed by atoms with E-state index in [4.69, 9.17) is 5.11 Å². The maximum Gasteiger partial charge on any atom is 0.322 e. The topological polar surface area (TPSA) is 75.6 Å². The first-order valence-electron chi connectivity index (χ1n) is 4.09. The van der Waals surface area contributed by atoms with Gasteiger partial charge >= 0.3 is 11.9 Å². The molecule has 0 spiro atoms. The number of nitrogens with one attached hydrogen (secondary N) is 1. The molecule has 5 heteroatoms. The third-order valence-electron chi connectivity index (χ3n) is 1.71. The zero-order valence-electron chi connectivity index (χ0n) is 8.03. The van der Waals surface area contributed by atoms with Gasteiger partial charge < -0.3 is 9.84 Å². The van der Waals surface area contributed by atoms with Crippen molar-refractivity contribution in [3.63, 3.8) is 0 Å². The summed E-state index contributed by atoms with van der Waals surface area (Å²) >= 11 is 0. The molecule has 13 heavy (non-hydrogen) atoms. The van der Waals surface area contributed by atoms with Crippen molar-refractivity contribution in [1.29, 1.82) is 0 Å². The molecule has 0 aromatic heterocycles. The molecule has 2 atom stereocenters. The second-order valence-corrected chi connectivity index (χ2v) is 2.71. The Bertz CT molecular complexity index is 193. The predicted molar refractivity (Wildman–Crippen MR) is 46.3 cm³/mol. The minimum Gasteiger partial charge on any atom is -0.480 e. The van der Waals surface area contributed by atoms with Gasteiger partial charge in [0.05, 0.1) is 7.11 Å². The molecule has 0 radical (unpaired) electrons. The third kappa shape index (κ3) is 3.89. The number of carbonyl (C=O) groups excluding carboxylic acids is 1. The van der Waals surface area contributed by atoms with E-state index in [0.29, 0.717) is 6.42 Å². The van der Waals surface area contributed by atoms with E-state index in [1.165, 1.54) is 7.11 Å². The van der Waals surface area contributed by atoms with Crippen LogP contribution in [-0.4, -0.2) is 36.2 Å². The van der Waals surface area contributed by atoms with Gasteiger partial charge in [-0.2, -0.15) is 0 Å². The summed E-state index contributed by atoms with van der Waals surface area (Å²) in [4.78, 5) is 21.5. The fourth-order valence-electron chi connectivity index (χ4n) is 0.910. The van der Waals surface area contributed by atoms with Gasteiger partial charge in [0, 0.05) is 0 Å². The van der Waals surface area contributed by atoms with Gasteiger partial charge in [0.25, 0.3) is 0 Å². The van der Waals surface area contributed by atoms with Crippen molar-refractivity contribution < 1.29 is 19.4 Å². The van der Waals surface area contributed by atoms with Crippen molar-refractivity contribution in [3.8, 4) is 0 Å². The number of methoxy groups -OCH3 is 1. The number of carboxylic acids is 1. The van der Waals surface area contributed by atoms with Gasteiger partial charge in [-0.3, -0.25) is 14.9 Å². The van der Waals surface area contributed by atoms with Crippen molar-refractivity contribution >= 4 is 11.9 Å². The van der Waals surface area contributed by atoms with Crippen molar-refractivity contribution in [1.82, 2.24) is 5.32 Å². The molecule has 0 rings (SSSR count). The fourth-order valence-corrected chi connectivity index (χ4v) is 0.910.